The fourth-order valence-corrected chi connectivity index (χ4v) is 0.741. The zero-order valence-corrected chi connectivity index (χ0v) is 6.81. The van der Waals surface area contributed by atoms with E-state index in [9.17, 15) is 9.18 Å². The molecule has 0 unspecified atom stereocenters. The number of hydrogen-bond acceptors (Lipinski definition) is 2. The normalized spacial score (nSPS) is 9.50. The average Bonchev–Trinajstić information content (AvgIpc) is 2.04. The van der Waals surface area contributed by atoms with Crippen molar-refractivity contribution in [2.75, 3.05) is 11.2 Å². The third kappa shape index (κ3) is 2.47. The Morgan fingerprint density at radius 3 is 3.00 bits per heavy atom. The summed E-state index contributed by atoms with van der Waals surface area (Å²) in [6.45, 7) is 0. The quantitative estimate of drug-likeness (QED) is 0.713. The molecule has 0 aliphatic heterocycles. The third-order valence-corrected chi connectivity index (χ3v) is 1.35. The maximum atomic E-state index is 12.5. The Morgan fingerprint density at radius 1 is 1.67 bits per heavy atom. The zero-order valence-electron chi connectivity index (χ0n) is 6.05. The Kier molecular flexibility index (Phi) is 2.99. The highest BCUT2D eigenvalue weighted by molar-refractivity contribution is 6.29. The predicted octanol–water partition coefficient (Wildman–Crippen LogP) is 1.40. The summed E-state index contributed by atoms with van der Waals surface area (Å²) in [7, 11) is 0. The van der Waals surface area contributed by atoms with E-state index in [0.29, 0.717) is 5.69 Å². The van der Waals surface area contributed by atoms with Gasteiger partial charge in [0.15, 0.2) is 0 Å². The maximum Gasteiger partial charge on any atom is 0.239 e. The lowest BCUT2D eigenvalue weighted by molar-refractivity contribution is -0.113. The molecule has 0 aliphatic carbocycles. The first kappa shape index (κ1) is 8.93. The second-order valence-electron chi connectivity index (χ2n) is 2.07. The minimum absolute atomic E-state index is 0.156. The molecule has 3 nitrogen and oxygen atoms in total. The second kappa shape index (κ2) is 4.01. The van der Waals surface area contributed by atoms with E-state index in [1.807, 2.05) is 0 Å². The van der Waals surface area contributed by atoms with Crippen molar-refractivity contribution in [1.29, 1.82) is 0 Å². The molecule has 1 N–H and O–H groups in total. The van der Waals surface area contributed by atoms with E-state index in [-0.39, 0.29) is 11.8 Å². The van der Waals surface area contributed by atoms with Gasteiger partial charge in [-0.3, -0.25) is 9.78 Å². The van der Waals surface area contributed by atoms with Gasteiger partial charge in [0.2, 0.25) is 5.91 Å². The Bertz CT molecular complexity index is 292. The number of carbonyl (C=O) groups is 1. The molecule has 0 saturated carbocycles. The van der Waals surface area contributed by atoms with Crippen LogP contribution in [-0.4, -0.2) is 16.8 Å². The van der Waals surface area contributed by atoms with Crippen LogP contribution < -0.4 is 5.32 Å². The van der Waals surface area contributed by atoms with E-state index in [2.05, 4.69) is 10.3 Å². The van der Waals surface area contributed by atoms with Crippen LogP contribution in [0, 0.1) is 5.82 Å². The standard InChI is InChI=1S/C7H6ClFN2O/c8-2-7(12)11-6-1-5(9)3-10-4-6/h1,3-4H,2H2,(H,11,12). The molecule has 1 aromatic heterocycles. The lowest BCUT2D eigenvalue weighted by Crippen LogP contribution is -2.12. The van der Waals surface area contributed by atoms with Gasteiger partial charge in [0, 0.05) is 6.07 Å². The lowest BCUT2D eigenvalue weighted by Gasteiger charge is -2.00. The monoisotopic (exact) mass is 188 g/mol. The number of halogens is 2. The number of amides is 1. The molecule has 0 aromatic carbocycles. The van der Waals surface area contributed by atoms with Crippen LogP contribution in [0.15, 0.2) is 18.5 Å². The van der Waals surface area contributed by atoms with Crippen molar-refractivity contribution in [3.8, 4) is 0 Å². The molecular formula is C7H6ClFN2O. The molecule has 12 heavy (non-hydrogen) atoms. The van der Waals surface area contributed by atoms with Gasteiger partial charge in [0.05, 0.1) is 18.1 Å². The van der Waals surface area contributed by atoms with Crippen molar-refractivity contribution in [3.63, 3.8) is 0 Å². The average molecular weight is 189 g/mol. The summed E-state index contributed by atoms with van der Waals surface area (Å²) in [4.78, 5) is 14.2. The number of nitrogens with zero attached hydrogens (tertiary/aromatic N) is 1. The number of aromatic nitrogens is 1. The summed E-state index contributed by atoms with van der Waals surface area (Å²) in [5, 5.41) is 2.36. The summed E-state index contributed by atoms with van der Waals surface area (Å²) in [6, 6.07) is 1.16. The van der Waals surface area contributed by atoms with E-state index < -0.39 is 5.82 Å². The smallest absolute Gasteiger partial charge is 0.239 e. The Morgan fingerprint density at radius 2 is 2.42 bits per heavy atom. The minimum atomic E-state index is -0.498. The summed E-state index contributed by atoms with van der Waals surface area (Å²) in [5.41, 5.74) is 0.306. The number of pyridine rings is 1. The first-order valence-electron chi connectivity index (χ1n) is 3.19. The fourth-order valence-electron chi connectivity index (χ4n) is 0.675. The van der Waals surface area contributed by atoms with Crippen LogP contribution in [0.25, 0.3) is 0 Å². The second-order valence-corrected chi connectivity index (χ2v) is 2.34. The van der Waals surface area contributed by atoms with Gasteiger partial charge < -0.3 is 5.32 Å². The number of nitrogens with one attached hydrogen (secondary N) is 1. The number of hydrogen-bond donors (Lipinski definition) is 1. The third-order valence-electron chi connectivity index (χ3n) is 1.11. The molecule has 0 bridgehead atoms. The first-order chi connectivity index (χ1) is 5.72. The van der Waals surface area contributed by atoms with Gasteiger partial charge >= 0.3 is 0 Å². The molecule has 0 aliphatic rings. The van der Waals surface area contributed by atoms with Crippen LogP contribution in [0.1, 0.15) is 0 Å². The van der Waals surface area contributed by atoms with Crippen molar-refractivity contribution in [3.05, 3.63) is 24.3 Å². The Hall–Kier alpha value is -1.16. The van der Waals surface area contributed by atoms with Crippen LogP contribution in [-0.2, 0) is 4.79 Å². The first-order valence-corrected chi connectivity index (χ1v) is 3.72. The Balaban J connectivity index is 2.69. The zero-order chi connectivity index (χ0) is 8.97. The van der Waals surface area contributed by atoms with Gasteiger partial charge in [-0.1, -0.05) is 0 Å². The summed E-state index contributed by atoms with van der Waals surface area (Å²) >= 11 is 5.22. The molecule has 1 aromatic rings. The van der Waals surface area contributed by atoms with Crippen molar-refractivity contribution >= 4 is 23.2 Å². The molecule has 1 rings (SSSR count). The predicted molar refractivity (Wildman–Crippen MR) is 43.5 cm³/mol. The van der Waals surface area contributed by atoms with Crippen molar-refractivity contribution < 1.29 is 9.18 Å². The van der Waals surface area contributed by atoms with Gasteiger partial charge in [-0.25, -0.2) is 4.39 Å². The summed E-state index contributed by atoms with van der Waals surface area (Å²) in [5.74, 6) is -1.04. The van der Waals surface area contributed by atoms with E-state index in [4.69, 9.17) is 11.6 Å². The number of alkyl halides is 1. The summed E-state index contributed by atoms with van der Waals surface area (Å²) < 4.78 is 12.5. The van der Waals surface area contributed by atoms with Crippen LogP contribution in [0.4, 0.5) is 10.1 Å². The SMILES string of the molecule is O=C(CCl)Nc1cncc(F)c1. The van der Waals surface area contributed by atoms with E-state index >= 15 is 0 Å². The minimum Gasteiger partial charge on any atom is -0.324 e. The molecule has 1 heterocycles. The molecule has 0 saturated heterocycles. The Labute approximate surface area is 73.6 Å². The number of carbonyl (C=O) groups excluding carboxylic acids is 1. The molecule has 0 radical (unpaired) electrons. The molecule has 0 atom stereocenters. The number of anilines is 1. The maximum absolute atomic E-state index is 12.5. The van der Waals surface area contributed by atoms with Crippen LogP contribution in [0.2, 0.25) is 0 Å². The highest BCUT2D eigenvalue weighted by Crippen LogP contribution is 2.06. The molecular weight excluding hydrogens is 183 g/mol. The van der Waals surface area contributed by atoms with E-state index in [1.54, 1.807) is 0 Å². The summed E-state index contributed by atoms with van der Waals surface area (Å²) in [6.07, 6.45) is 2.39. The topological polar surface area (TPSA) is 42.0 Å². The van der Waals surface area contributed by atoms with Gasteiger partial charge in [0.1, 0.15) is 11.7 Å². The highest BCUT2D eigenvalue weighted by atomic mass is 35.5. The van der Waals surface area contributed by atoms with Crippen LogP contribution >= 0.6 is 11.6 Å². The lowest BCUT2D eigenvalue weighted by atomic mass is 10.4. The van der Waals surface area contributed by atoms with Crippen LogP contribution in [0.5, 0.6) is 0 Å². The van der Waals surface area contributed by atoms with Crippen molar-refractivity contribution in [2.45, 2.75) is 0 Å². The molecule has 0 fully saturated rings. The van der Waals surface area contributed by atoms with E-state index in [1.165, 1.54) is 6.20 Å². The molecule has 1 amide bonds. The van der Waals surface area contributed by atoms with Crippen molar-refractivity contribution in [2.24, 2.45) is 0 Å². The largest absolute Gasteiger partial charge is 0.324 e. The molecule has 0 spiro atoms. The molecule has 64 valence electrons. The van der Waals surface area contributed by atoms with Gasteiger partial charge in [0.25, 0.3) is 0 Å². The fraction of sp³-hybridized carbons (Fsp3) is 0.143. The number of rotatable bonds is 2. The van der Waals surface area contributed by atoms with Crippen LogP contribution in [0.3, 0.4) is 0 Å². The van der Waals surface area contributed by atoms with Gasteiger partial charge in [-0.15, -0.1) is 11.6 Å². The van der Waals surface area contributed by atoms with Gasteiger partial charge in [-0.05, 0) is 0 Å². The van der Waals surface area contributed by atoms with Crippen molar-refractivity contribution in [1.82, 2.24) is 4.98 Å². The van der Waals surface area contributed by atoms with E-state index in [0.717, 1.165) is 12.3 Å². The molecule has 5 heteroatoms. The highest BCUT2D eigenvalue weighted by Gasteiger charge is 2.00. The van der Waals surface area contributed by atoms with Gasteiger partial charge in [-0.2, -0.15) is 0 Å².